The highest BCUT2D eigenvalue weighted by atomic mass is 16.5. The lowest BCUT2D eigenvalue weighted by atomic mass is 10.00. The van der Waals surface area contributed by atoms with Crippen LogP contribution in [-0.4, -0.2) is 24.4 Å². The molecule has 0 spiro atoms. The van der Waals surface area contributed by atoms with Gasteiger partial charge in [-0.1, -0.05) is 42.5 Å². The van der Waals surface area contributed by atoms with Gasteiger partial charge in [0.1, 0.15) is 0 Å². The molecule has 29 heavy (non-hydrogen) atoms. The lowest BCUT2D eigenvalue weighted by Gasteiger charge is -2.16. The maximum atomic E-state index is 12.2. The number of benzene rings is 3. The van der Waals surface area contributed by atoms with Crippen LogP contribution in [0.1, 0.15) is 35.8 Å². The molecule has 0 fully saturated rings. The van der Waals surface area contributed by atoms with Gasteiger partial charge in [-0.2, -0.15) is 0 Å². The first-order valence-electron chi connectivity index (χ1n) is 9.26. The Labute approximate surface area is 168 Å². The van der Waals surface area contributed by atoms with Crippen LogP contribution in [0.3, 0.4) is 0 Å². The molecule has 0 unspecified atom stereocenters. The molecule has 3 aromatic rings. The highest BCUT2D eigenvalue weighted by Gasteiger charge is 2.15. The van der Waals surface area contributed by atoms with Gasteiger partial charge in [0.2, 0.25) is 5.91 Å². The Bertz CT molecular complexity index is 1040. The zero-order valence-corrected chi connectivity index (χ0v) is 16.3. The number of rotatable bonds is 6. The summed E-state index contributed by atoms with van der Waals surface area (Å²) in [7, 11) is 0. The van der Waals surface area contributed by atoms with Gasteiger partial charge in [-0.15, -0.1) is 0 Å². The maximum Gasteiger partial charge on any atom is 0.338 e. The van der Waals surface area contributed by atoms with Gasteiger partial charge in [-0.05, 0) is 47.5 Å². The van der Waals surface area contributed by atoms with E-state index in [0.717, 1.165) is 16.3 Å². The van der Waals surface area contributed by atoms with Crippen LogP contribution in [-0.2, 0) is 14.3 Å². The minimum atomic E-state index is -0.604. The number of ether oxygens (including phenoxy) is 1. The third kappa shape index (κ3) is 5.19. The van der Waals surface area contributed by atoms with Gasteiger partial charge >= 0.3 is 5.97 Å². The van der Waals surface area contributed by atoms with Gasteiger partial charge in [-0.25, -0.2) is 4.79 Å². The second-order valence-corrected chi connectivity index (χ2v) is 6.69. The Kier molecular flexibility index (Phi) is 6.24. The number of fused-ring (bicyclic) bond motifs is 1. The van der Waals surface area contributed by atoms with E-state index in [1.165, 1.54) is 19.1 Å². The Morgan fingerprint density at radius 2 is 1.62 bits per heavy atom. The monoisotopic (exact) mass is 390 g/mol. The van der Waals surface area contributed by atoms with E-state index in [-0.39, 0.29) is 24.5 Å². The first kappa shape index (κ1) is 20.1. The molecule has 0 bridgehead atoms. The summed E-state index contributed by atoms with van der Waals surface area (Å²) in [4.78, 5) is 35.4. The van der Waals surface area contributed by atoms with Gasteiger partial charge in [0.15, 0.2) is 6.61 Å². The van der Waals surface area contributed by atoms with E-state index in [1.54, 1.807) is 12.1 Å². The van der Waals surface area contributed by atoms with Crippen LogP contribution in [0, 0.1) is 0 Å². The van der Waals surface area contributed by atoms with Gasteiger partial charge in [0, 0.05) is 12.6 Å². The lowest BCUT2D eigenvalue weighted by molar-refractivity contribution is -0.124. The molecule has 3 rings (SSSR count). The van der Waals surface area contributed by atoms with Crippen molar-refractivity contribution in [3.8, 4) is 0 Å². The number of carbonyl (C=O) groups excluding carboxylic acids is 3. The van der Waals surface area contributed by atoms with Crippen LogP contribution in [0.5, 0.6) is 0 Å². The van der Waals surface area contributed by atoms with E-state index in [0.29, 0.717) is 11.3 Å². The SMILES string of the molecule is CC(=O)Nc1ccc(C(=O)OCC(=O)N[C@H](C)c2cccc3ccccc23)cc1. The number of anilines is 1. The Morgan fingerprint density at radius 3 is 2.34 bits per heavy atom. The average Bonchev–Trinajstić information content (AvgIpc) is 2.71. The largest absolute Gasteiger partial charge is 0.452 e. The van der Waals surface area contributed by atoms with Gasteiger partial charge in [-0.3, -0.25) is 9.59 Å². The molecule has 0 heterocycles. The third-order valence-electron chi connectivity index (χ3n) is 4.44. The number of hydrogen-bond donors (Lipinski definition) is 2. The Hall–Kier alpha value is -3.67. The predicted molar refractivity (Wildman–Crippen MR) is 112 cm³/mol. The second-order valence-electron chi connectivity index (χ2n) is 6.69. The standard InChI is InChI=1S/C23H22N2O4/c1-15(20-9-5-7-17-6-3-4-8-21(17)20)24-22(27)14-29-23(28)18-10-12-19(13-11-18)25-16(2)26/h3-13,15H,14H2,1-2H3,(H,24,27)(H,25,26)/t15-/m1/s1. The van der Waals surface area contributed by atoms with E-state index >= 15 is 0 Å². The summed E-state index contributed by atoms with van der Waals surface area (Å²) in [6, 6.07) is 19.9. The van der Waals surface area contributed by atoms with E-state index in [1.807, 2.05) is 49.4 Å². The van der Waals surface area contributed by atoms with Gasteiger partial charge in [0.25, 0.3) is 5.91 Å². The topological polar surface area (TPSA) is 84.5 Å². The van der Waals surface area contributed by atoms with E-state index in [9.17, 15) is 14.4 Å². The smallest absolute Gasteiger partial charge is 0.338 e. The number of nitrogens with one attached hydrogen (secondary N) is 2. The molecule has 0 saturated carbocycles. The second kappa shape index (κ2) is 9.01. The van der Waals surface area contributed by atoms with Crippen LogP contribution < -0.4 is 10.6 Å². The molecule has 1 atom stereocenters. The fourth-order valence-corrected chi connectivity index (χ4v) is 3.10. The molecule has 0 saturated heterocycles. The highest BCUT2D eigenvalue weighted by molar-refractivity contribution is 5.93. The molecule has 148 valence electrons. The zero-order valence-electron chi connectivity index (χ0n) is 16.3. The third-order valence-corrected chi connectivity index (χ3v) is 4.44. The molecule has 6 heteroatoms. The zero-order chi connectivity index (χ0) is 20.8. The van der Waals surface area contributed by atoms with Crippen LogP contribution in [0.25, 0.3) is 10.8 Å². The van der Waals surface area contributed by atoms with Crippen molar-refractivity contribution in [3.05, 3.63) is 77.9 Å². The molecule has 2 N–H and O–H groups in total. The summed E-state index contributed by atoms with van der Waals surface area (Å²) >= 11 is 0. The molecule has 0 aliphatic rings. The predicted octanol–water partition coefficient (Wildman–Crippen LogP) is 3.83. The molecular weight excluding hydrogens is 368 g/mol. The van der Waals surface area contributed by atoms with Crippen molar-refractivity contribution in [2.24, 2.45) is 0 Å². The molecule has 6 nitrogen and oxygen atoms in total. The first-order chi connectivity index (χ1) is 13.9. The van der Waals surface area contributed by atoms with E-state index in [2.05, 4.69) is 10.6 Å². The Balaban J connectivity index is 1.56. The fraction of sp³-hybridized carbons (Fsp3) is 0.174. The van der Waals surface area contributed by atoms with Gasteiger partial charge < -0.3 is 15.4 Å². The lowest BCUT2D eigenvalue weighted by Crippen LogP contribution is -2.31. The van der Waals surface area contributed by atoms with Crippen molar-refractivity contribution in [2.45, 2.75) is 19.9 Å². The van der Waals surface area contributed by atoms with Crippen molar-refractivity contribution < 1.29 is 19.1 Å². The summed E-state index contributed by atoms with van der Waals surface area (Å²) < 4.78 is 5.10. The minimum Gasteiger partial charge on any atom is -0.452 e. The number of esters is 1. The summed E-state index contributed by atoms with van der Waals surface area (Å²) in [5.41, 5.74) is 1.88. The van der Waals surface area contributed by atoms with E-state index < -0.39 is 5.97 Å². The van der Waals surface area contributed by atoms with Crippen molar-refractivity contribution in [2.75, 3.05) is 11.9 Å². The van der Waals surface area contributed by atoms with Crippen LogP contribution in [0.2, 0.25) is 0 Å². The van der Waals surface area contributed by atoms with Crippen LogP contribution >= 0.6 is 0 Å². The first-order valence-corrected chi connectivity index (χ1v) is 9.26. The van der Waals surface area contributed by atoms with Gasteiger partial charge in [0.05, 0.1) is 11.6 Å². The molecule has 0 radical (unpaired) electrons. The minimum absolute atomic E-state index is 0.197. The van der Waals surface area contributed by atoms with E-state index in [4.69, 9.17) is 4.74 Å². The highest BCUT2D eigenvalue weighted by Crippen LogP contribution is 2.24. The molecular formula is C23H22N2O4. The molecule has 2 amide bonds. The summed E-state index contributed by atoms with van der Waals surface area (Å²) in [5, 5.41) is 7.64. The molecule has 0 aromatic heterocycles. The average molecular weight is 390 g/mol. The van der Waals surface area contributed by atoms with Crippen LogP contribution in [0.4, 0.5) is 5.69 Å². The van der Waals surface area contributed by atoms with Crippen molar-refractivity contribution >= 4 is 34.2 Å². The summed E-state index contributed by atoms with van der Waals surface area (Å²) in [6.45, 7) is 2.92. The maximum absolute atomic E-state index is 12.2. The molecule has 0 aliphatic heterocycles. The van der Waals surface area contributed by atoms with Crippen LogP contribution in [0.15, 0.2) is 66.7 Å². The summed E-state index contributed by atoms with van der Waals surface area (Å²) in [6.07, 6.45) is 0. The summed E-state index contributed by atoms with van der Waals surface area (Å²) in [5.74, 6) is -1.18. The van der Waals surface area contributed by atoms with Crippen molar-refractivity contribution in [3.63, 3.8) is 0 Å². The fourth-order valence-electron chi connectivity index (χ4n) is 3.10. The van der Waals surface area contributed by atoms with Crippen molar-refractivity contribution in [1.82, 2.24) is 5.32 Å². The quantitative estimate of drug-likeness (QED) is 0.627. The Morgan fingerprint density at radius 1 is 0.931 bits per heavy atom. The van der Waals surface area contributed by atoms with Crippen molar-refractivity contribution in [1.29, 1.82) is 0 Å². The molecule has 3 aromatic carbocycles. The molecule has 0 aliphatic carbocycles. The number of amides is 2. The normalized spacial score (nSPS) is 11.5. The number of carbonyl (C=O) groups is 3. The number of hydrogen-bond acceptors (Lipinski definition) is 4.